The minimum atomic E-state index is -0.583. The number of ether oxygens (including phenoxy) is 2. The molecule has 0 spiro atoms. The van der Waals surface area contributed by atoms with Crippen LogP contribution in [0.25, 0.3) is 0 Å². The lowest BCUT2D eigenvalue weighted by molar-refractivity contribution is -0.128. The van der Waals surface area contributed by atoms with E-state index in [0.29, 0.717) is 11.5 Å². The summed E-state index contributed by atoms with van der Waals surface area (Å²) in [6, 6.07) is 17.2. The first-order valence-electron chi connectivity index (χ1n) is 7.80. The van der Waals surface area contributed by atoms with Crippen LogP contribution in [0, 0.1) is 0 Å². The molecule has 1 amide bonds. The second kappa shape index (κ2) is 8.22. The fraction of sp³-hybridized carbons (Fsp3) is 0.316. The molecule has 0 bridgehead atoms. The quantitative estimate of drug-likeness (QED) is 0.847. The summed E-state index contributed by atoms with van der Waals surface area (Å²) < 4.78 is 10.9. The molecule has 2 aromatic rings. The predicted octanol–water partition coefficient (Wildman–Crippen LogP) is 3.73. The molecule has 1 N–H and O–H groups in total. The number of nitrogens with one attached hydrogen (secondary N) is 1. The Kier molecular flexibility index (Phi) is 6.03. The summed E-state index contributed by atoms with van der Waals surface area (Å²) in [6.45, 7) is 3.79. The van der Waals surface area contributed by atoms with Crippen LogP contribution in [-0.2, 0) is 4.79 Å². The van der Waals surface area contributed by atoms with Crippen molar-refractivity contribution in [2.75, 3.05) is 7.11 Å². The number of carbonyl (C=O) groups excluding carboxylic acids is 1. The van der Waals surface area contributed by atoms with Gasteiger partial charge in [0.25, 0.3) is 5.91 Å². The van der Waals surface area contributed by atoms with E-state index < -0.39 is 6.10 Å². The summed E-state index contributed by atoms with van der Waals surface area (Å²) in [5, 5.41) is 3.04. The molecule has 0 fully saturated rings. The third-order valence-corrected chi connectivity index (χ3v) is 3.65. The van der Waals surface area contributed by atoms with Crippen molar-refractivity contribution in [3.63, 3.8) is 0 Å². The van der Waals surface area contributed by atoms with E-state index in [2.05, 4.69) is 5.32 Å². The zero-order valence-electron chi connectivity index (χ0n) is 13.8. The lowest BCUT2D eigenvalue weighted by atomic mass is 10.0. The number of hydrogen-bond acceptors (Lipinski definition) is 3. The zero-order chi connectivity index (χ0) is 16.7. The standard InChI is InChI=1S/C19H23NO3/c1-4-18(15-9-6-5-7-10-15)20-19(21)14(2)23-17-12-8-11-16(13-17)22-3/h5-14,18H,4H2,1-3H3,(H,20,21)/t14-,18+/m1/s1. The molecule has 4 heteroatoms. The highest BCUT2D eigenvalue weighted by atomic mass is 16.5. The van der Waals surface area contributed by atoms with Gasteiger partial charge in [-0.1, -0.05) is 43.3 Å². The molecule has 0 unspecified atom stereocenters. The van der Waals surface area contributed by atoms with Gasteiger partial charge in [-0.15, -0.1) is 0 Å². The van der Waals surface area contributed by atoms with E-state index in [0.717, 1.165) is 12.0 Å². The van der Waals surface area contributed by atoms with Crippen LogP contribution in [0.2, 0.25) is 0 Å². The largest absolute Gasteiger partial charge is 0.497 e. The second-order valence-electron chi connectivity index (χ2n) is 5.32. The van der Waals surface area contributed by atoms with Gasteiger partial charge in [0.05, 0.1) is 13.2 Å². The molecule has 0 aliphatic rings. The van der Waals surface area contributed by atoms with Crippen molar-refractivity contribution in [2.45, 2.75) is 32.4 Å². The van der Waals surface area contributed by atoms with E-state index in [1.807, 2.05) is 49.4 Å². The average molecular weight is 313 g/mol. The highest BCUT2D eigenvalue weighted by molar-refractivity contribution is 5.81. The molecule has 122 valence electrons. The van der Waals surface area contributed by atoms with E-state index >= 15 is 0 Å². The van der Waals surface area contributed by atoms with Crippen LogP contribution < -0.4 is 14.8 Å². The second-order valence-corrected chi connectivity index (χ2v) is 5.32. The first-order valence-corrected chi connectivity index (χ1v) is 7.80. The molecule has 4 nitrogen and oxygen atoms in total. The Morgan fingerprint density at radius 3 is 2.43 bits per heavy atom. The normalized spacial score (nSPS) is 13.0. The van der Waals surface area contributed by atoms with Gasteiger partial charge in [-0.05, 0) is 31.0 Å². The Labute approximate surface area is 137 Å². The fourth-order valence-electron chi connectivity index (χ4n) is 2.33. The van der Waals surface area contributed by atoms with Crippen molar-refractivity contribution in [2.24, 2.45) is 0 Å². The molecule has 0 saturated heterocycles. The topological polar surface area (TPSA) is 47.6 Å². The molecule has 2 rings (SSSR count). The Hall–Kier alpha value is -2.49. The summed E-state index contributed by atoms with van der Waals surface area (Å²) in [7, 11) is 1.60. The van der Waals surface area contributed by atoms with E-state index in [1.54, 1.807) is 26.2 Å². The number of rotatable bonds is 7. The van der Waals surface area contributed by atoms with Crippen LogP contribution in [-0.4, -0.2) is 19.1 Å². The fourth-order valence-corrected chi connectivity index (χ4v) is 2.33. The van der Waals surface area contributed by atoms with Gasteiger partial charge in [0.1, 0.15) is 11.5 Å². The lowest BCUT2D eigenvalue weighted by Gasteiger charge is -2.21. The van der Waals surface area contributed by atoms with E-state index in [1.165, 1.54) is 0 Å². The Bertz CT molecular complexity index is 628. The summed E-state index contributed by atoms with van der Waals surface area (Å²) >= 11 is 0. The van der Waals surface area contributed by atoms with Gasteiger partial charge >= 0.3 is 0 Å². The first kappa shape index (κ1) is 16.9. The van der Waals surface area contributed by atoms with Gasteiger partial charge in [-0.2, -0.15) is 0 Å². The van der Waals surface area contributed by atoms with Crippen molar-refractivity contribution in [3.8, 4) is 11.5 Å². The molecule has 23 heavy (non-hydrogen) atoms. The number of methoxy groups -OCH3 is 1. The molecular weight excluding hydrogens is 290 g/mol. The van der Waals surface area contributed by atoms with Crippen LogP contribution >= 0.6 is 0 Å². The van der Waals surface area contributed by atoms with Crippen molar-refractivity contribution >= 4 is 5.91 Å². The Balaban J connectivity index is 1.98. The number of carbonyl (C=O) groups is 1. The van der Waals surface area contributed by atoms with E-state index in [-0.39, 0.29) is 11.9 Å². The van der Waals surface area contributed by atoms with Crippen LogP contribution in [0.4, 0.5) is 0 Å². The summed E-state index contributed by atoms with van der Waals surface area (Å²) in [6.07, 6.45) is 0.238. The average Bonchev–Trinajstić information content (AvgIpc) is 2.60. The van der Waals surface area contributed by atoms with E-state index in [4.69, 9.17) is 9.47 Å². The Morgan fingerprint density at radius 2 is 1.78 bits per heavy atom. The third-order valence-electron chi connectivity index (χ3n) is 3.65. The summed E-state index contributed by atoms with van der Waals surface area (Å²) in [4.78, 5) is 12.4. The third kappa shape index (κ3) is 4.74. The first-order chi connectivity index (χ1) is 11.1. The molecule has 0 aliphatic carbocycles. The highest BCUT2D eigenvalue weighted by Crippen LogP contribution is 2.21. The molecular formula is C19H23NO3. The maximum atomic E-state index is 12.4. The highest BCUT2D eigenvalue weighted by Gasteiger charge is 2.19. The monoisotopic (exact) mass is 313 g/mol. The van der Waals surface area contributed by atoms with Crippen LogP contribution in [0.15, 0.2) is 54.6 Å². The maximum absolute atomic E-state index is 12.4. The molecule has 0 aliphatic heterocycles. The number of amides is 1. The van der Waals surface area contributed by atoms with Crippen LogP contribution in [0.1, 0.15) is 31.9 Å². The van der Waals surface area contributed by atoms with E-state index in [9.17, 15) is 4.79 Å². The molecule has 2 atom stereocenters. The summed E-state index contributed by atoms with van der Waals surface area (Å²) in [5.41, 5.74) is 1.09. The van der Waals surface area contributed by atoms with Gasteiger partial charge in [-0.25, -0.2) is 0 Å². The molecule has 0 saturated carbocycles. The lowest BCUT2D eigenvalue weighted by Crippen LogP contribution is -2.38. The minimum absolute atomic E-state index is 0.0138. The summed E-state index contributed by atoms with van der Waals surface area (Å²) in [5.74, 6) is 1.18. The number of hydrogen-bond donors (Lipinski definition) is 1. The minimum Gasteiger partial charge on any atom is -0.497 e. The number of benzene rings is 2. The van der Waals surface area contributed by atoms with Crippen molar-refractivity contribution in [1.82, 2.24) is 5.32 Å². The van der Waals surface area contributed by atoms with Crippen molar-refractivity contribution in [3.05, 3.63) is 60.2 Å². The van der Waals surface area contributed by atoms with Gasteiger partial charge < -0.3 is 14.8 Å². The van der Waals surface area contributed by atoms with Gasteiger partial charge in [0, 0.05) is 6.07 Å². The Morgan fingerprint density at radius 1 is 1.09 bits per heavy atom. The molecule has 0 radical (unpaired) electrons. The smallest absolute Gasteiger partial charge is 0.261 e. The van der Waals surface area contributed by atoms with Gasteiger partial charge in [0.2, 0.25) is 0 Å². The zero-order valence-corrected chi connectivity index (χ0v) is 13.8. The molecule has 0 heterocycles. The van der Waals surface area contributed by atoms with Crippen LogP contribution in [0.3, 0.4) is 0 Å². The van der Waals surface area contributed by atoms with Gasteiger partial charge in [-0.3, -0.25) is 4.79 Å². The van der Waals surface area contributed by atoms with Gasteiger partial charge in [0.15, 0.2) is 6.10 Å². The molecule has 2 aromatic carbocycles. The predicted molar refractivity (Wildman–Crippen MR) is 90.7 cm³/mol. The molecule has 0 aromatic heterocycles. The van der Waals surface area contributed by atoms with Crippen molar-refractivity contribution < 1.29 is 14.3 Å². The maximum Gasteiger partial charge on any atom is 0.261 e. The SMILES string of the molecule is CC[C@H](NC(=O)[C@@H](C)Oc1cccc(OC)c1)c1ccccc1. The van der Waals surface area contributed by atoms with Crippen molar-refractivity contribution in [1.29, 1.82) is 0 Å². The van der Waals surface area contributed by atoms with Crippen LogP contribution in [0.5, 0.6) is 11.5 Å².